The van der Waals surface area contributed by atoms with Crippen LogP contribution in [0.1, 0.15) is 26.7 Å². The molecule has 5 nitrogen and oxygen atoms in total. The highest BCUT2D eigenvalue weighted by Gasteiger charge is 2.28. The van der Waals surface area contributed by atoms with Crippen molar-refractivity contribution in [2.75, 3.05) is 25.1 Å². The Bertz CT molecular complexity index is 506. The molecule has 0 saturated carbocycles. The van der Waals surface area contributed by atoms with Crippen LogP contribution in [-0.2, 0) is 4.79 Å². The minimum atomic E-state index is -0.426. The number of hydrogen-bond acceptors (Lipinski definition) is 4. The van der Waals surface area contributed by atoms with Crippen LogP contribution in [0.4, 0.5) is 5.69 Å². The summed E-state index contributed by atoms with van der Waals surface area (Å²) in [5, 5.41) is 3.08. The fraction of sp³-hybridized carbons (Fsp3) is 0.588. The van der Waals surface area contributed by atoms with Crippen LogP contribution in [0.25, 0.3) is 0 Å². The summed E-state index contributed by atoms with van der Waals surface area (Å²) in [5.41, 5.74) is 7.07. The summed E-state index contributed by atoms with van der Waals surface area (Å²) in [4.78, 5) is 14.4. The molecule has 2 rings (SSSR count). The Balaban J connectivity index is 1.94. The van der Waals surface area contributed by atoms with E-state index in [1.165, 1.54) is 0 Å². The molecule has 1 aromatic rings. The second kappa shape index (κ2) is 7.49. The van der Waals surface area contributed by atoms with Gasteiger partial charge in [0.25, 0.3) is 0 Å². The molecule has 5 heteroatoms. The second-order valence-corrected chi connectivity index (χ2v) is 6.02. The molecule has 122 valence electrons. The topological polar surface area (TPSA) is 67.6 Å². The van der Waals surface area contributed by atoms with Crippen molar-refractivity contribution in [1.82, 2.24) is 5.32 Å². The number of rotatable bonds is 6. The van der Waals surface area contributed by atoms with Gasteiger partial charge in [0.2, 0.25) is 5.91 Å². The van der Waals surface area contributed by atoms with Crippen LogP contribution in [0.15, 0.2) is 24.3 Å². The Hall–Kier alpha value is -1.75. The third-order valence-corrected chi connectivity index (χ3v) is 4.52. The molecular weight excluding hydrogens is 278 g/mol. The molecule has 0 aliphatic carbocycles. The summed E-state index contributed by atoms with van der Waals surface area (Å²) in [5.74, 6) is 1.03. The SMILES string of the molecule is CCC(C)C(N)C(=O)NC1CCN(c2ccccc2OC)C1. The summed E-state index contributed by atoms with van der Waals surface area (Å²) >= 11 is 0. The van der Waals surface area contributed by atoms with Crippen LogP contribution in [0.2, 0.25) is 0 Å². The Morgan fingerprint density at radius 1 is 1.50 bits per heavy atom. The minimum absolute atomic E-state index is 0.0405. The molecule has 3 N–H and O–H groups in total. The zero-order chi connectivity index (χ0) is 16.1. The van der Waals surface area contributed by atoms with E-state index in [9.17, 15) is 4.79 Å². The second-order valence-electron chi connectivity index (χ2n) is 6.02. The highest BCUT2D eigenvalue weighted by Crippen LogP contribution is 2.30. The van der Waals surface area contributed by atoms with Gasteiger partial charge in [-0.05, 0) is 24.5 Å². The molecule has 1 heterocycles. The highest BCUT2D eigenvalue weighted by molar-refractivity contribution is 5.82. The van der Waals surface area contributed by atoms with Gasteiger partial charge in [-0.25, -0.2) is 0 Å². The molecule has 3 unspecified atom stereocenters. The summed E-state index contributed by atoms with van der Waals surface area (Å²) in [6.45, 7) is 5.76. The number of carbonyl (C=O) groups is 1. The Morgan fingerprint density at radius 3 is 2.91 bits per heavy atom. The van der Waals surface area contributed by atoms with E-state index < -0.39 is 6.04 Å². The lowest BCUT2D eigenvalue weighted by Crippen LogP contribution is -2.49. The molecule has 1 aliphatic rings. The van der Waals surface area contributed by atoms with E-state index in [2.05, 4.69) is 17.1 Å². The van der Waals surface area contributed by atoms with Crippen molar-refractivity contribution in [3.8, 4) is 5.75 Å². The maximum absolute atomic E-state index is 12.2. The number of methoxy groups -OCH3 is 1. The fourth-order valence-electron chi connectivity index (χ4n) is 2.80. The number of anilines is 1. The number of nitrogens with one attached hydrogen (secondary N) is 1. The summed E-state index contributed by atoms with van der Waals surface area (Å²) in [6.07, 6.45) is 1.84. The first kappa shape index (κ1) is 16.6. The van der Waals surface area contributed by atoms with Crippen molar-refractivity contribution in [3.05, 3.63) is 24.3 Å². The van der Waals surface area contributed by atoms with Gasteiger partial charge in [-0.15, -0.1) is 0 Å². The number of para-hydroxylation sites is 2. The van der Waals surface area contributed by atoms with Crippen molar-refractivity contribution in [1.29, 1.82) is 0 Å². The Morgan fingerprint density at radius 2 is 2.23 bits per heavy atom. The van der Waals surface area contributed by atoms with Crippen LogP contribution in [0, 0.1) is 5.92 Å². The monoisotopic (exact) mass is 305 g/mol. The third-order valence-electron chi connectivity index (χ3n) is 4.52. The molecule has 0 spiro atoms. The lowest BCUT2D eigenvalue weighted by atomic mass is 9.99. The summed E-state index contributed by atoms with van der Waals surface area (Å²) in [6, 6.07) is 7.69. The van der Waals surface area contributed by atoms with Crippen LogP contribution in [0.3, 0.4) is 0 Å². The van der Waals surface area contributed by atoms with Crippen molar-refractivity contribution in [3.63, 3.8) is 0 Å². The number of nitrogens with zero attached hydrogens (tertiary/aromatic N) is 1. The first-order valence-electron chi connectivity index (χ1n) is 8.00. The summed E-state index contributed by atoms with van der Waals surface area (Å²) in [7, 11) is 1.68. The highest BCUT2D eigenvalue weighted by atomic mass is 16.5. The first-order valence-corrected chi connectivity index (χ1v) is 8.00. The zero-order valence-electron chi connectivity index (χ0n) is 13.7. The number of amides is 1. The van der Waals surface area contributed by atoms with Crippen LogP contribution in [0.5, 0.6) is 5.75 Å². The largest absolute Gasteiger partial charge is 0.495 e. The van der Waals surface area contributed by atoms with Gasteiger partial charge in [0, 0.05) is 19.1 Å². The number of ether oxygens (including phenoxy) is 1. The predicted octanol–water partition coefficient (Wildman–Crippen LogP) is 1.76. The average Bonchev–Trinajstić information content (AvgIpc) is 3.01. The lowest BCUT2D eigenvalue weighted by Gasteiger charge is -2.23. The lowest BCUT2D eigenvalue weighted by molar-refractivity contribution is -0.124. The van der Waals surface area contributed by atoms with E-state index in [1.807, 2.05) is 31.2 Å². The molecule has 1 fully saturated rings. The van der Waals surface area contributed by atoms with Crippen molar-refractivity contribution in [2.24, 2.45) is 11.7 Å². The third kappa shape index (κ3) is 3.71. The van der Waals surface area contributed by atoms with E-state index in [-0.39, 0.29) is 17.9 Å². The van der Waals surface area contributed by atoms with Gasteiger partial charge < -0.3 is 20.7 Å². The van der Waals surface area contributed by atoms with Crippen LogP contribution >= 0.6 is 0 Å². The number of nitrogens with two attached hydrogens (primary N) is 1. The molecule has 1 aromatic carbocycles. The molecular formula is C17H27N3O2. The van der Waals surface area contributed by atoms with Gasteiger partial charge in [0.15, 0.2) is 0 Å². The summed E-state index contributed by atoms with van der Waals surface area (Å²) < 4.78 is 5.41. The van der Waals surface area contributed by atoms with Crippen LogP contribution in [-0.4, -0.2) is 38.2 Å². The van der Waals surface area contributed by atoms with Gasteiger partial charge in [0.05, 0.1) is 18.8 Å². The number of carbonyl (C=O) groups excluding carboxylic acids is 1. The smallest absolute Gasteiger partial charge is 0.237 e. The quantitative estimate of drug-likeness (QED) is 0.840. The van der Waals surface area contributed by atoms with E-state index in [0.29, 0.717) is 0 Å². The first-order chi connectivity index (χ1) is 10.6. The van der Waals surface area contributed by atoms with Gasteiger partial charge in [-0.2, -0.15) is 0 Å². The van der Waals surface area contributed by atoms with E-state index in [4.69, 9.17) is 10.5 Å². The Kier molecular flexibility index (Phi) is 5.66. The normalized spacial score (nSPS) is 20.5. The standard InChI is InChI=1S/C17H27N3O2/c1-4-12(2)16(18)17(21)19-13-9-10-20(11-13)14-7-5-6-8-15(14)22-3/h5-8,12-13,16H,4,9-11,18H2,1-3H3,(H,19,21). The Labute approximate surface area is 132 Å². The molecule has 1 saturated heterocycles. The zero-order valence-corrected chi connectivity index (χ0v) is 13.7. The molecule has 22 heavy (non-hydrogen) atoms. The maximum atomic E-state index is 12.2. The van der Waals surface area contributed by atoms with Crippen LogP contribution < -0.4 is 20.7 Å². The van der Waals surface area contributed by atoms with Gasteiger partial charge in [0.1, 0.15) is 5.75 Å². The number of benzene rings is 1. The molecule has 0 bridgehead atoms. The minimum Gasteiger partial charge on any atom is -0.495 e. The van der Waals surface area contributed by atoms with Gasteiger partial charge in [-0.1, -0.05) is 32.4 Å². The van der Waals surface area contributed by atoms with Gasteiger partial charge >= 0.3 is 0 Å². The van der Waals surface area contributed by atoms with E-state index >= 15 is 0 Å². The van der Waals surface area contributed by atoms with Crippen molar-refractivity contribution >= 4 is 11.6 Å². The fourth-order valence-corrected chi connectivity index (χ4v) is 2.80. The molecule has 3 atom stereocenters. The molecule has 1 aliphatic heterocycles. The predicted molar refractivity (Wildman–Crippen MR) is 89.2 cm³/mol. The molecule has 0 radical (unpaired) electrons. The maximum Gasteiger partial charge on any atom is 0.237 e. The molecule has 0 aromatic heterocycles. The van der Waals surface area contributed by atoms with E-state index in [1.54, 1.807) is 7.11 Å². The van der Waals surface area contributed by atoms with Crippen molar-refractivity contribution in [2.45, 2.75) is 38.8 Å². The van der Waals surface area contributed by atoms with E-state index in [0.717, 1.165) is 37.4 Å². The van der Waals surface area contributed by atoms with Gasteiger partial charge in [-0.3, -0.25) is 4.79 Å². The average molecular weight is 305 g/mol. The number of hydrogen-bond donors (Lipinski definition) is 2. The molecule has 1 amide bonds. The van der Waals surface area contributed by atoms with Crippen molar-refractivity contribution < 1.29 is 9.53 Å².